The molecule has 0 heterocycles. The summed E-state index contributed by atoms with van der Waals surface area (Å²) < 4.78 is 17.8. The predicted molar refractivity (Wildman–Crippen MR) is 43.5 cm³/mol. The molecule has 0 spiro atoms. The molecule has 0 fully saturated rings. The predicted octanol–water partition coefficient (Wildman–Crippen LogP) is 1.39. The van der Waals surface area contributed by atoms with Crippen molar-refractivity contribution in [2.45, 2.75) is 6.10 Å². The average molecular weight is 181 g/mol. The van der Waals surface area contributed by atoms with Gasteiger partial charge in [-0.15, -0.1) is 0 Å². The second-order valence-corrected chi connectivity index (χ2v) is 2.42. The van der Waals surface area contributed by atoms with Gasteiger partial charge in [0.1, 0.15) is 11.6 Å². The molecule has 4 heteroatoms. The van der Waals surface area contributed by atoms with Gasteiger partial charge in [0.25, 0.3) is 0 Å². The minimum atomic E-state index is -1.45. The number of methoxy groups -OCH3 is 1. The summed E-state index contributed by atoms with van der Waals surface area (Å²) in [6.07, 6.45) is -1.45. The van der Waals surface area contributed by atoms with E-state index in [2.05, 4.69) is 0 Å². The summed E-state index contributed by atoms with van der Waals surface area (Å²) in [5.41, 5.74) is -0.0677. The van der Waals surface area contributed by atoms with E-state index in [4.69, 9.17) is 15.1 Å². The van der Waals surface area contributed by atoms with Crippen LogP contribution in [-0.4, -0.2) is 12.2 Å². The summed E-state index contributed by atoms with van der Waals surface area (Å²) in [6, 6.07) is 5.40. The van der Waals surface area contributed by atoms with Crippen molar-refractivity contribution in [3.63, 3.8) is 0 Å². The summed E-state index contributed by atoms with van der Waals surface area (Å²) in [4.78, 5) is 0. The van der Waals surface area contributed by atoms with Gasteiger partial charge in [-0.25, -0.2) is 4.39 Å². The van der Waals surface area contributed by atoms with Crippen molar-refractivity contribution in [3.05, 3.63) is 29.6 Å². The molecule has 0 amide bonds. The standard InChI is InChI=1S/C9H8FNO2/c1-13-6-2-3-8(10)7(4-6)9(12)5-11/h2-4,9,12H,1H3. The molecule has 0 saturated heterocycles. The first-order chi connectivity index (χ1) is 6.19. The van der Waals surface area contributed by atoms with Gasteiger partial charge >= 0.3 is 0 Å². The van der Waals surface area contributed by atoms with Gasteiger partial charge in [0, 0.05) is 5.56 Å². The van der Waals surface area contributed by atoms with Crippen molar-refractivity contribution < 1.29 is 14.2 Å². The summed E-state index contributed by atoms with van der Waals surface area (Å²) in [5.74, 6) is -0.208. The van der Waals surface area contributed by atoms with Crippen LogP contribution in [0.1, 0.15) is 11.7 Å². The molecular formula is C9H8FNO2. The molecule has 0 aliphatic heterocycles. The normalized spacial score (nSPS) is 11.8. The van der Waals surface area contributed by atoms with E-state index in [-0.39, 0.29) is 5.56 Å². The molecule has 1 unspecified atom stereocenters. The van der Waals surface area contributed by atoms with Crippen molar-refractivity contribution in [2.75, 3.05) is 7.11 Å². The van der Waals surface area contributed by atoms with Crippen LogP contribution in [0.2, 0.25) is 0 Å². The van der Waals surface area contributed by atoms with Crippen LogP contribution in [0, 0.1) is 17.1 Å². The third-order valence-electron chi connectivity index (χ3n) is 1.62. The molecule has 3 nitrogen and oxygen atoms in total. The zero-order chi connectivity index (χ0) is 9.84. The van der Waals surface area contributed by atoms with Crippen LogP contribution < -0.4 is 4.74 Å². The van der Waals surface area contributed by atoms with E-state index in [1.165, 1.54) is 25.3 Å². The molecule has 1 N–H and O–H groups in total. The largest absolute Gasteiger partial charge is 0.497 e. The van der Waals surface area contributed by atoms with E-state index in [1.807, 2.05) is 0 Å². The molecule has 0 radical (unpaired) electrons. The van der Waals surface area contributed by atoms with Gasteiger partial charge in [0.05, 0.1) is 13.2 Å². The quantitative estimate of drug-likeness (QED) is 0.701. The van der Waals surface area contributed by atoms with Crippen LogP contribution >= 0.6 is 0 Å². The maximum atomic E-state index is 13.0. The van der Waals surface area contributed by atoms with Crippen LogP contribution in [0.4, 0.5) is 4.39 Å². The molecule has 13 heavy (non-hydrogen) atoms. The molecule has 1 atom stereocenters. The Morgan fingerprint density at radius 2 is 2.31 bits per heavy atom. The van der Waals surface area contributed by atoms with Crippen LogP contribution in [0.5, 0.6) is 5.75 Å². The SMILES string of the molecule is COc1ccc(F)c(C(O)C#N)c1. The van der Waals surface area contributed by atoms with Crippen LogP contribution in [0.15, 0.2) is 18.2 Å². The fourth-order valence-corrected chi connectivity index (χ4v) is 0.928. The molecular weight excluding hydrogens is 173 g/mol. The first-order valence-corrected chi connectivity index (χ1v) is 3.60. The number of halogens is 1. The molecule has 0 aliphatic rings. The minimum Gasteiger partial charge on any atom is -0.497 e. The van der Waals surface area contributed by atoms with Crippen molar-refractivity contribution >= 4 is 0 Å². The lowest BCUT2D eigenvalue weighted by atomic mass is 10.1. The highest BCUT2D eigenvalue weighted by Crippen LogP contribution is 2.21. The topological polar surface area (TPSA) is 53.2 Å². The second kappa shape index (κ2) is 3.87. The maximum absolute atomic E-state index is 13.0. The fraction of sp³-hybridized carbons (Fsp3) is 0.222. The monoisotopic (exact) mass is 181 g/mol. The summed E-state index contributed by atoms with van der Waals surface area (Å²) in [7, 11) is 1.43. The Morgan fingerprint density at radius 3 is 2.85 bits per heavy atom. The second-order valence-electron chi connectivity index (χ2n) is 2.42. The van der Waals surface area contributed by atoms with Gasteiger partial charge in [-0.2, -0.15) is 5.26 Å². The average Bonchev–Trinajstić information content (AvgIpc) is 2.17. The summed E-state index contributed by atoms with van der Waals surface area (Å²) in [5, 5.41) is 17.4. The van der Waals surface area contributed by atoms with Gasteiger partial charge in [-0.1, -0.05) is 0 Å². The van der Waals surface area contributed by atoms with E-state index >= 15 is 0 Å². The number of aliphatic hydroxyl groups is 1. The first-order valence-electron chi connectivity index (χ1n) is 3.60. The van der Waals surface area contributed by atoms with Crippen molar-refractivity contribution in [1.29, 1.82) is 5.26 Å². The third kappa shape index (κ3) is 1.95. The van der Waals surface area contributed by atoms with Crippen LogP contribution in [0.25, 0.3) is 0 Å². The van der Waals surface area contributed by atoms with Gasteiger partial charge in [-0.3, -0.25) is 0 Å². The molecule has 1 aromatic rings. The number of hydrogen-bond acceptors (Lipinski definition) is 3. The van der Waals surface area contributed by atoms with Gasteiger partial charge in [0.15, 0.2) is 6.10 Å². The highest BCUT2D eigenvalue weighted by molar-refractivity contribution is 5.33. The number of hydrogen-bond donors (Lipinski definition) is 1. The zero-order valence-electron chi connectivity index (χ0n) is 6.99. The molecule has 0 saturated carbocycles. The Hall–Kier alpha value is -1.60. The molecule has 68 valence electrons. The third-order valence-corrected chi connectivity index (χ3v) is 1.62. The highest BCUT2D eigenvalue weighted by Gasteiger charge is 2.12. The number of rotatable bonds is 2. The molecule has 0 aromatic heterocycles. The van der Waals surface area contributed by atoms with E-state index in [0.717, 1.165) is 6.07 Å². The molecule has 0 bridgehead atoms. The lowest BCUT2D eigenvalue weighted by molar-refractivity contribution is 0.229. The number of ether oxygens (including phenoxy) is 1. The Balaban J connectivity index is 3.12. The maximum Gasteiger partial charge on any atom is 0.168 e. The Kier molecular flexibility index (Phi) is 2.83. The summed E-state index contributed by atoms with van der Waals surface area (Å²) in [6.45, 7) is 0. The van der Waals surface area contributed by atoms with E-state index in [9.17, 15) is 4.39 Å². The number of aliphatic hydroxyl groups excluding tert-OH is 1. The van der Waals surface area contributed by atoms with Crippen molar-refractivity contribution in [3.8, 4) is 11.8 Å². The molecule has 0 aliphatic carbocycles. The molecule has 1 rings (SSSR count). The Labute approximate surface area is 75.0 Å². The van der Waals surface area contributed by atoms with E-state index in [0.29, 0.717) is 5.75 Å². The smallest absolute Gasteiger partial charge is 0.168 e. The minimum absolute atomic E-state index is 0.0677. The van der Waals surface area contributed by atoms with Gasteiger partial charge < -0.3 is 9.84 Å². The van der Waals surface area contributed by atoms with Crippen LogP contribution in [0.3, 0.4) is 0 Å². The number of nitriles is 1. The first kappa shape index (κ1) is 9.49. The van der Waals surface area contributed by atoms with Crippen molar-refractivity contribution in [1.82, 2.24) is 0 Å². The van der Waals surface area contributed by atoms with Crippen LogP contribution in [-0.2, 0) is 0 Å². The highest BCUT2D eigenvalue weighted by atomic mass is 19.1. The number of benzene rings is 1. The Bertz CT molecular complexity index is 346. The number of nitrogens with zero attached hydrogens (tertiary/aromatic N) is 1. The Morgan fingerprint density at radius 1 is 1.62 bits per heavy atom. The summed E-state index contributed by atoms with van der Waals surface area (Å²) >= 11 is 0. The molecule has 1 aromatic carbocycles. The van der Waals surface area contributed by atoms with E-state index in [1.54, 1.807) is 0 Å². The van der Waals surface area contributed by atoms with Gasteiger partial charge in [-0.05, 0) is 18.2 Å². The lowest BCUT2D eigenvalue weighted by Gasteiger charge is -2.06. The fourth-order valence-electron chi connectivity index (χ4n) is 0.928. The van der Waals surface area contributed by atoms with Gasteiger partial charge in [0.2, 0.25) is 0 Å². The van der Waals surface area contributed by atoms with Crippen molar-refractivity contribution in [2.24, 2.45) is 0 Å². The van der Waals surface area contributed by atoms with E-state index < -0.39 is 11.9 Å². The zero-order valence-corrected chi connectivity index (χ0v) is 6.99. The lowest BCUT2D eigenvalue weighted by Crippen LogP contribution is -1.98.